The number of carbonyl (C=O) groups excluding carboxylic acids is 3. The molecule has 2 atom stereocenters. The molecule has 214 valence electrons. The Morgan fingerprint density at radius 3 is 2.68 bits per heavy atom. The van der Waals surface area contributed by atoms with Gasteiger partial charge >= 0.3 is 0 Å². The number of nitrogens with one attached hydrogen (secondary N) is 2. The van der Waals surface area contributed by atoms with E-state index >= 15 is 0 Å². The van der Waals surface area contributed by atoms with Crippen LogP contribution in [-0.4, -0.2) is 66.7 Å². The Kier molecular flexibility index (Phi) is 8.49. The number of ether oxygens (including phenoxy) is 3. The predicted octanol–water partition coefficient (Wildman–Crippen LogP) is 3.08. The molecule has 0 spiro atoms. The number of phenols is 1. The van der Waals surface area contributed by atoms with Crippen LogP contribution in [0.1, 0.15) is 27.9 Å². The molecule has 41 heavy (non-hydrogen) atoms. The maximum absolute atomic E-state index is 13.4. The molecular weight excluding hydrogens is 550 g/mol. The molecule has 4 bridgehead atoms. The summed E-state index contributed by atoms with van der Waals surface area (Å²) < 4.78 is 17.3. The number of hydrogen-bond donors (Lipinski definition) is 3. The van der Waals surface area contributed by atoms with Gasteiger partial charge in [-0.2, -0.15) is 0 Å². The SMILES string of the molecule is COc1ccc2cc1OCC(=O)NCc1ccc(cc1)O[C@@H]1CCN(C(=O)Cc3ccc(O)c(Cl)c3)C[C@@H]1NC2=O. The van der Waals surface area contributed by atoms with Crippen LogP contribution in [0.5, 0.6) is 23.0 Å². The third kappa shape index (κ3) is 6.83. The lowest BCUT2D eigenvalue weighted by Gasteiger charge is -2.39. The lowest BCUT2D eigenvalue weighted by atomic mass is 10.00. The van der Waals surface area contributed by atoms with Gasteiger partial charge in [0.1, 0.15) is 17.6 Å². The van der Waals surface area contributed by atoms with Crippen LogP contribution in [0.25, 0.3) is 0 Å². The van der Waals surface area contributed by atoms with Crippen molar-refractivity contribution >= 4 is 29.3 Å². The highest BCUT2D eigenvalue weighted by molar-refractivity contribution is 6.32. The number of amides is 3. The highest BCUT2D eigenvalue weighted by atomic mass is 35.5. The van der Waals surface area contributed by atoms with Gasteiger partial charge in [-0.05, 0) is 53.6 Å². The number of phenolic OH excluding ortho intramolecular Hbond substituents is 1. The van der Waals surface area contributed by atoms with Gasteiger partial charge in [0, 0.05) is 31.6 Å². The molecule has 3 aromatic carbocycles. The molecule has 11 heteroatoms. The first kappa shape index (κ1) is 28.1. The number of carbonyl (C=O) groups is 3. The number of halogens is 1. The molecule has 3 amide bonds. The highest BCUT2D eigenvalue weighted by Crippen LogP contribution is 2.29. The minimum atomic E-state index is -0.520. The molecule has 3 heterocycles. The van der Waals surface area contributed by atoms with Gasteiger partial charge in [0.2, 0.25) is 5.91 Å². The van der Waals surface area contributed by atoms with Crippen molar-refractivity contribution < 1.29 is 33.7 Å². The molecular formula is C30H30ClN3O7. The average molecular weight is 580 g/mol. The third-order valence-electron chi connectivity index (χ3n) is 7.07. The van der Waals surface area contributed by atoms with Crippen LogP contribution in [0.15, 0.2) is 60.7 Å². The summed E-state index contributed by atoms with van der Waals surface area (Å²) in [7, 11) is 1.47. The van der Waals surface area contributed by atoms with Crippen LogP contribution < -0.4 is 24.8 Å². The number of methoxy groups -OCH3 is 1. The smallest absolute Gasteiger partial charge is 0.258 e. The van der Waals surface area contributed by atoms with E-state index in [1.54, 1.807) is 29.2 Å². The van der Waals surface area contributed by atoms with E-state index in [1.807, 2.05) is 24.3 Å². The first-order valence-electron chi connectivity index (χ1n) is 13.2. The van der Waals surface area contributed by atoms with Crippen LogP contribution >= 0.6 is 11.6 Å². The minimum absolute atomic E-state index is 0.0480. The van der Waals surface area contributed by atoms with Gasteiger partial charge in [-0.3, -0.25) is 14.4 Å². The summed E-state index contributed by atoms with van der Waals surface area (Å²) in [6.45, 7) is 0.731. The predicted molar refractivity (Wildman–Crippen MR) is 150 cm³/mol. The van der Waals surface area contributed by atoms with Gasteiger partial charge in [0.25, 0.3) is 11.8 Å². The van der Waals surface area contributed by atoms with Gasteiger partial charge in [-0.25, -0.2) is 0 Å². The largest absolute Gasteiger partial charge is 0.506 e. The molecule has 0 aromatic heterocycles. The Morgan fingerprint density at radius 1 is 1.12 bits per heavy atom. The van der Waals surface area contributed by atoms with E-state index in [1.165, 1.54) is 19.2 Å². The van der Waals surface area contributed by atoms with E-state index in [0.29, 0.717) is 42.1 Å². The summed E-state index contributed by atoms with van der Waals surface area (Å²) in [5.74, 6) is 0.355. The number of fused-ring (bicyclic) bond motifs is 7. The second-order valence-corrected chi connectivity index (χ2v) is 10.3. The Hall–Kier alpha value is -4.44. The Bertz CT molecular complexity index is 1450. The average Bonchev–Trinajstić information content (AvgIpc) is 2.98. The van der Waals surface area contributed by atoms with Crippen LogP contribution in [0, 0.1) is 0 Å². The van der Waals surface area contributed by atoms with Crippen LogP contribution in [0.4, 0.5) is 0 Å². The van der Waals surface area contributed by atoms with Crippen molar-refractivity contribution in [3.8, 4) is 23.0 Å². The molecule has 3 aliphatic rings. The highest BCUT2D eigenvalue weighted by Gasteiger charge is 2.34. The fourth-order valence-electron chi connectivity index (χ4n) is 4.82. The van der Waals surface area contributed by atoms with Crippen molar-refractivity contribution in [3.63, 3.8) is 0 Å². The summed E-state index contributed by atoms with van der Waals surface area (Å²) in [5.41, 5.74) is 1.86. The maximum atomic E-state index is 13.4. The zero-order valence-electron chi connectivity index (χ0n) is 22.4. The summed E-state index contributed by atoms with van der Waals surface area (Å²) in [6, 6.07) is 16.2. The number of piperidine rings is 1. The van der Waals surface area contributed by atoms with Gasteiger partial charge < -0.3 is 34.9 Å². The fraction of sp³-hybridized carbons (Fsp3) is 0.300. The zero-order chi connectivity index (χ0) is 28.9. The van der Waals surface area contributed by atoms with Crippen molar-refractivity contribution in [1.82, 2.24) is 15.5 Å². The van der Waals surface area contributed by atoms with E-state index < -0.39 is 12.1 Å². The monoisotopic (exact) mass is 579 g/mol. The summed E-state index contributed by atoms with van der Waals surface area (Å²) in [5, 5.41) is 15.7. The molecule has 3 aromatic rings. The number of aromatic hydroxyl groups is 1. The van der Waals surface area contributed by atoms with Crippen LogP contribution in [0.3, 0.4) is 0 Å². The Labute approximate surface area is 242 Å². The molecule has 6 rings (SSSR count). The van der Waals surface area contributed by atoms with Crippen molar-refractivity contribution in [2.75, 3.05) is 26.8 Å². The number of benzene rings is 3. The topological polar surface area (TPSA) is 126 Å². The Balaban J connectivity index is 1.40. The first-order chi connectivity index (χ1) is 19.8. The van der Waals surface area contributed by atoms with Gasteiger partial charge in [-0.15, -0.1) is 0 Å². The van der Waals surface area contributed by atoms with Crippen molar-refractivity contribution in [2.45, 2.75) is 31.5 Å². The van der Waals surface area contributed by atoms with Crippen LogP contribution in [0.2, 0.25) is 5.02 Å². The lowest BCUT2D eigenvalue weighted by Crippen LogP contribution is -2.58. The van der Waals surface area contributed by atoms with Gasteiger partial charge in [0.15, 0.2) is 18.1 Å². The minimum Gasteiger partial charge on any atom is -0.506 e. The number of hydrogen-bond acceptors (Lipinski definition) is 7. The van der Waals surface area contributed by atoms with Crippen molar-refractivity contribution in [3.05, 3.63) is 82.4 Å². The molecule has 1 saturated heterocycles. The molecule has 3 N–H and O–H groups in total. The maximum Gasteiger partial charge on any atom is 0.258 e. The van der Waals surface area contributed by atoms with Gasteiger partial charge in [0.05, 0.1) is 24.6 Å². The van der Waals surface area contributed by atoms with Crippen molar-refractivity contribution in [1.29, 1.82) is 0 Å². The quantitative estimate of drug-likeness (QED) is 0.435. The standard InChI is InChI=1S/C30H30ClN3O7/c1-39-26-9-5-20-14-27(26)40-17-28(36)32-15-18-2-6-21(7-3-18)41-25-10-11-34(16-23(25)33-30(20)38)29(37)13-19-4-8-24(35)22(31)12-19/h2-9,12,14,23,25,35H,10-11,13,15-17H2,1H3,(H,32,36)(H,33,38)/t23-,25+/m0/s1. The normalized spacial score (nSPS) is 19.1. The second-order valence-electron chi connectivity index (χ2n) is 9.90. The molecule has 0 saturated carbocycles. The lowest BCUT2D eigenvalue weighted by molar-refractivity contribution is -0.133. The second kappa shape index (κ2) is 12.4. The molecule has 10 nitrogen and oxygen atoms in total. The number of nitrogens with zero attached hydrogens (tertiary/aromatic N) is 1. The van der Waals surface area contributed by atoms with E-state index in [-0.39, 0.29) is 53.8 Å². The summed E-state index contributed by atoms with van der Waals surface area (Å²) in [4.78, 5) is 40.7. The van der Waals surface area contributed by atoms with Gasteiger partial charge in [-0.1, -0.05) is 29.8 Å². The summed E-state index contributed by atoms with van der Waals surface area (Å²) >= 11 is 6.02. The first-order valence-corrected chi connectivity index (χ1v) is 13.6. The number of likely N-dealkylation sites (tertiary alicyclic amines) is 1. The number of rotatable bonds is 3. The molecule has 0 aliphatic carbocycles. The molecule has 3 aliphatic heterocycles. The van der Waals surface area contributed by atoms with E-state index in [0.717, 1.165) is 5.56 Å². The molecule has 0 radical (unpaired) electrons. The van der Waals surface area contributed by atoms with E-state index in [4.69, 9.17) is 25.8 Å². The van der Waals surface area contributed by atoms with Crippen LogP contribution in [-0.2, 0) is 22.6 Å². The zero-order valence-corrected chi connectivity index (χ0v) is 23.1. The third-order valence-corrected chi connectivity index (χ3v) is 7.37. The van der Waals surface area contributed by atoms with E-state index in [9.17, 15) is 19.5 Å². The molecule has 0 unspecified atom stereocenters. The Morgan fingerprint density at radius 2 is 1.93 bits per heavy atom. The molecule has 1 fully saturated rings. The van der Waals surface area contributed by atoms with E-state index in [2.05, 4.69) is 10.6 Å². The fourth-order valence-corrected chi connectivity index (χ4v) is 5.02. The van der Waals surface area contributed by atoms with Crippen molar-refractivity contribution in [2.24, 2.45) is 0 Å². The summed E-state index contributed by atoms with van der Waals surface area (Å²) in [6.07, 6.45) is 0.183.